The van der Waals surface area contributed by atoms with Gasteiger partial charge in [-0.1, -0.05) is 0 Å². The maximum atomic E-state index is 12.6. The van der Waals surface area contributed by atoms with Gasteiger partial charge in [-0.2, -0.15) is 13.2 Å². The molecule has 0 heterocycles. The minimum Gasteiger partial charge on any atom is -0.467 e. The quantitative estimate of drug-likeness (QED) is 0.850. The molecule has 1 aromatic carbocycles. The van der Waals surface area contributed by atoms with E-state index in [0.717, 1.165) is 19.2 Å². The standard InChI is InChI=1S/C12H11BrF3NO3/c1-6(11(19)20-2)17-10(18)8-5-7(12(14,15)16)3-4-9(8)13/h3-6H,1-2H3,(H,17,18)/t6-/m0/s1. The zero-order valence-corrected chi connectivity index (χ0v) is 12.1. The third-order valence-electron chi connectivity index (χ3n) is 2.44. The predicted octanol–water partition coefficient (Wildman–Crippen LogP) is 2.76. The molecule has 0 saturated heterocycles. The first-order chi connectivity index (χ1) is 9.16. The molecule has 0 aliphatic carbocycles. The first-order valence-electron chi connectivity index (χ1n) is 5.42. The van der Waals surface area contributed by atoms with Crippen molar-refractivity contribution in [2.24, 2.45) is 0 Å². The van der Waals surface area contributed by atoms with Crippen molar-refractivity contribution in [1.29, 1.82) is 0 Å². The van der Waals surface area contributed by atoms with E-state index in [1.54, 1.807) is 0 Å². The number of benzene rings is 1. The highest BCUT2D eigenvalue weighted by Crippen LogP contribution is 2.31. The average molecular weight is 354 g/mol. The van der Waals surface area contributed by atoms with Crippen LogP contribution in [-0.2, 0) is 15.7 Å². The number of esters is 1. The Hall–Kier alpha value is -1.57. The number of nitrogens with one attached hydrogen (secondary N) is 1. The summed E-state index contributed by atoms with van der Waals surface area (Å²) in [4.78, 5) is 23.0. The Balaban J connectivity index is 3.01. The maximum Gasteiger partial charge on any atom is 0.416 e. The second-order valence-electron chi connectivity index (χ2n) is 3.91. The van der Waals surface area contributed by atoms with Crippen LogP contribution in [0, 0.1) is 0 Å². The topological polar surface area (TPSA) is 55.4 Å². The molecule has 0 aliphatic rings. The molecular weight excluding hydrogens is 343 g/mol. The van der Waals surface area contributed by atoms with E-state index in [2.05, 4.69) is 26.0 Å². The zero-order chi connectivity index (χ0) is 15.5. The lowest BCUT2D eigenvalue weighted by Gasteiger charge is -2.14. The van der Waals surface area contributed by atoms with Crippen molar-refractivity contribution in [3.05, 3.63) is 33.8 Å². The first-order valence-corrected chi connectivity index (χ1v) is 6.21. The Kier molecular flexibility index (Phi) is 5.15. The van der Waals surface area contributed by atoms with Gasteiger partial charge in [-0.25, -0.2) is 4.79 Å². The van der Waals surface area contributed by atoms with E-state index in [1.807, 2.05) is 0 Å². The molecule has 0 bridgehead atoms. The smallest absolute Gasteiger partial charge is 0.416 e. The molecule has 4 nitrogen and oxygen atoms in total. The van der Waals surface area contributed by atoms with Gasteiger partial charge in [0, 0.05) is 4.47 Å². The fourth-order valence-corrected chi connectivity index (χ4v) is 1.81. The number of carbonyl (C=O) groups is 2. The monoisotopic (exact) mass is 353 g/mol. The van der Waals surface area contributed by atoms with Gasteiger partial charge < -0.3 is 10.1 Å². The van der Waals surface area contributed by atoms with Gasteiger partial charge in [0.25, 0.3) is 5.91 Å². The number of hydrogen-bond acceptors (Lipinski definition) is 3. The Morgan fingerprint density at radius 1 is 1.35 bits per heavy atom. The van der Waals surface area contributed by atoms with Crippen molar-refractivity contribution in [1.82, 2.24) is 5.32 Å². The zero-order valence-electron chi connectivity index (χ0n) is 10.5. The fourth-order valence-electron chi connectivity index (χ4n) is 1.39. The van der Waals surface area contributed by atoms with Crippen LogP contribution in [0.3, 0.4) is 0 Å². The van der Waals surface area contributed by atoms with Crippen molar-refractivity contribution >= 4 is 27.8 Å². The molecular formula is C12H11BrF3NO3. The highest BCUT2D eigenvalue weighted by Gasteiger charge is 2.31. The summed E-state index contributed by atoms with van der Waals surface area (Å²) >= 11 is 3.00. The van der Waals surface area contributed by atoms with Crippen LogP contribution < -0.4 is 5.32 Å². The molecule has 0 radical (unpaired) electrons. The molecule has 0 aromatic heterocycles. The normalized spacial score (nSPS) is 12.7. The van der Waals surface area contributed by atoms with Crippen LogP contribution in [0.1, 0.15) is 22.8 Å². The molecule has 1 aromatic rings. The largest absolute Gasteiger partial charge is 0.467 e. The fraction of sp³-hybridized carbons (Fsp3) is 0.333. The van der Waals surface area contributed by atoms with Crippen LogP contribution in [-0.4, -0.2) is 25.0 Å². The minimum absolute atomic E-state index is 0.195. The number of rotatable bonds is 3. The van der Waals surface area contributed by atoms with Crippen molar-refractivity contribution in [2.45, 2.75) is 19.1 Å². The highest BCUT2D eigenvalue weighted by atomic mass is 79.9. The van der Waals surface area contributed by atoms with E-state index in [-0.39, 0.29) is 10.0 Å². The third kappa shape index (κ3) is 3.96. The number of halogens is 4. The molecule has 8 heteroatoms. The van der Waals surface area contributed by atoms with E-state index in [9.17, 15) is 22.8 Å². The van der Waals surface area contributed by atoms with Gasteiger partial charge in [0.1, 0.15) is 6.04 Å². The van der Waals surface area contributed by atoms with Crippen molar-refractivity contribution in [3.8, 4) is 0 Å². The Morgan fingerprint density at radius 3 is 2.45 bits per heavy atom. The van der Waals surface area contributed by atoms with Crippen LogP contribution in [0.25, 0.3) is 0 Å². The van der Waals surface area contributed by atoms with E-state index in [0.29, 0.717) is 6.07 Å². The summed E-state index contributed by atoms with van der Waals surface area (Å²) in [5.74, 6) is -1.50. The summed E-state index contributed by atoms with van der Waals surface area (Å²) in [5.41, 5.74) is -1.16. The van der Waals surface area contributed by atoms with Crippen molar-refractivity contribution in [3.63, 3.8) is 0 Å². The van der Waals surface area contributed by atoms with Gasteiger partial charge in [0.15, 0.2) is 0 Å². The molecule has 0 spiro atoms. The number of alkyl halides is 3. The molecule has 0 unspecified atom stereocenters. The van der Waals surface area contributed by atoms with Crippen LogP contribution in [0.4, 0.5) is 13.2 Å². The summed E-state index contributed by atoms with van der Waals surface area (Å²) in [6, 6.07) is 1.73. The number of amides is 1. The minimum atomic E-state index is -4.55. The number of carbonyl (C=O) groups excluding carboxylic acids is 2. The SMILES string of the molecule is COC(=O)[C@H](C)NC(=O)c1cc(C(F)(F)F)ccc1Br. The van der Waals surface area contributed by atoms with E-state index < -0.39 is 29.7 Å². The molecule has 110 valence electrons. The molecule has 20 heavy (non-hydrogen) atoms. The molecule has 1 N–H and O–H groups in total. The van der Waals surface area contributed by atoms with Gasteiger partial charge in [0.2, 0.25) is 0 Å². The summed E-state index contributed by atoms with van der Waals surface area (Å²) < 4.78 is 42.4. The second kappa shape index (κ2) is 6.25. The summed E-state index contributed by atoms with van der Waals surface area (Å²) in [6.45, 7) is 1.37. The summed E-state index contributed by atoms with van der Waals surface area (Å²) in [7, 11) is 1.14. The van der Waals surface area contributed by atoms with Crippen LogP contribution >= 0.6 is 15.9 Å². The van der Waals surface area contributed by atoms with Crippen LogP contribution in [0.2, 0.25) is 0 Å². The van der Waals surface area contributed by atoms with E-state index in [1.165, 1.54) is 6.92 Å². The van der Waals surface area contributed by atoms with Gasteiger partial charge in [-0.15, -0.1) is 0 Å². The van der Waals surface area contributed by atoms with Crippen molar-refractivity contribution < 1.29 is 27.5 Å². The summed E-state index contributed by atoms with van der Waals surface area (Å²) in [5, 5.41) is 2.26. The van der Waals surface area contributed by atoms with Gasteiger partial charge in [0.05, 0.1) is 18.2 Å². The molecule has 1 atom stereocenters. The maximum absolute atomic E-state index is 12.6. The predicted molar refractivity (Wildman–Crippen MR) is 68.1 cm³/mol. The van der Waals surface area contributed by atoms with E-state index in [4.69, 9.17) is 0 Å². The van der Waals surface area contributed by atoms with Crippen LogP contribution in [0.15, 0.2) is 22.7 Å². The number of hydrogen-bond donors (Lipinski definition) is 1. The Labute approximate surface area is 121 Å². The number of methoxy groups -OCH3 is 1. The highest BCUT2D eigenvalue weighted by molar-refractivity contribution is 9.10. The molecule has 1 rings (SSSR count). The molecule has 0 fully saturated rings. The molecule has 0 saturated carbocycles. The van der Waals surface area contributed by atoms with Crippen molar-refractivity contribution in [2.75, 3.05) is 7.11 Å². The van der Waals surface area contributed by atoms with Gasteiger partial charge in [-0.3, -0.25) is 4.79 Å². The molecule has 1 amide bonds. The first kappa shape index (κ1) is 16.5. The third-order valence-corrected chi connectivity index (χ3v) is 3.13. The van der Waals surface area contributed by atoms with Crippen LogP contribution in [0.5, 0.6) is 0 Å². The second-order valence-corrected chi connectivity index (χ2v) is 4.77. The summed E-state index contributed by atoms with van der Waals surface area (Å²) in [6.07, 6.45) is -4.55. The lowest BCUT2D eigenvalue weighted by Crippen LogP contribution is -2.39. The number of ether oxygens (including phenoxy) is 1. The Morgan fingerprint density at radius 2 is 1.95 bits per heavy atom. The Bertz CT molecular complexity index is 531. The average Bonchev–Trinajstić information content (AvgIpc) is 2.36. The van der Waals surface area contributed by atoms with Gasteiger partial charge in [-0.05, 0) is 41.1 Å². The lowest BCUT2D eigenvalue weighted by molar-refractivity contribution is -0.142. The molecule has 0 aliphatic heterocycles. The van der Waals surface area contributed by atoms with E-state index >= 15 is 0 Å². The lowest BCUT2D eigenvalue weighted by atomic mass is 10.1. The van der Waals surface area contributed by atoms with Gasteiger partial charge >= 0.3 is 12.1 Å².